The van der Waals surface area contributed by atoms with Crippen LogP contribution in [0.3, 0.4) is 0 Å². The number of carbonyl (C=O) groups is 2. The number of hydrogen-bond donors (Lipinski definition) is 2. The maximum atomic E-state index is 13.2. The lowest BCUT2D eigenvalue weighted by Crippen LogP contribution is -2.70. The molecule has 1 saturated heterocycles. The smallest absolute Gasteiger partial charge is 0.318 e. The number of aliphatic hydroxyl groups is 2. The quantitative estimate of drug-likeness (QED) is 0.562. The molecule has 2 saturated carbocycles. The Bertz CT molecular complexity index is 736. The summed E-state index contributed by atoms with van der Waals surface area (Å²) in [5, 5.41) is 23.0. The van der Waals surface area contributed by atoms with Crippen molar-refractivity contribution in [2.75, 3.05) is 0 Å². The highest BCUT2D eigenvalue weighted by molar-refractivity contribution is 6.10. The number of fused-ring (bicyclic) bond motifs is 1. The minimum absolute atomic E-state index is 0.128. The Balaban J connectivity index is 2.03. The van der Waals surface area contributed by atoms with Crippen LogP contribution in [0.1, 0.15) is 52.9 Å². The highest BCUT2D eigenvalue weighted by Gasteiger charge is 2.83. The Morgan fingerprint density at radius 2 is 1.84 bits per heavy atom. The zero-order valence-corrected chi connectivity index (χ0v) is 15.1. The van der Waals surface area contributed by atoms with Crippen LogP contribution in [0.2, 0.25) is 0 Å². The fourth-order valence-corrected chi connectivity index (χ4v) is 6.12. The van der Waals surface area contributed by atoms with Crippen molar-refractivity contribution in [2.24, 2.45) is 22.2 Å². The minimum atomic E-state index is -2.18. The Kier molecular flexibility index (Phi) is 3.01. The Hall–Kier alpha value is -1.46. The van der Waals surface area contributed by atoms with Crippen molar-refractivity contribution in [1.82, 2.24) is 0 Å². The van der Waals surface area contributed by atoms with Crippen LogP contribution in [-0.4, -0.2) is 33.4 Å². The topological polar surface area (TPSA) is 83.8 Å². The normalized spacial score (nSPS) is 50.4. The number of ether oxygens (including phenoxy) is 1. The van der Waals surface area contributed by atoms with E-state index >= 15 is 0 Å². The summed E-state index contributed by atoms with van der Waals surface area (Å²) >= 11 is 0. The maximum absolute atomic E-state index is 13.2. The van der Waals surface area contributed by atoms with Crippen LogP contribution in [0.15, 0.2) is 24.3 Å². The Morgan fingerprint density at radius 1 is 1.16 bits per heavy atom. The first-order valence-corrected chi connectivity index (χ1v) is 9.07. The van der Waals surface area contributed by atoms with Gasteiger partial charge in [0.25, 0.3) is 5.79 Å². The van der Waals surface area contributed by atoms with Crippen molar-refractivity contribution < 1.29 is 24.5 Å². The highest BCUT2D eigenvalue weighted by Crippen LogP contribution is 2.71. The summed E-state index contributed by atoms with van der Waals surface area (Å²) in [7, 11) is 0. The van der Waals surface area contributed by atoms with E-state index < -0.39 is 45.3 Å². The van der Waals surface area contributed by atoms with Crippen molar-refractivity contribution >= 4 is 11.8 Å². The number of carbonyl (C=O) groups excluding carboxylic acids is 2. The summed E-state index contributed by atoms with van der Waals surface area (Å²) in [4.78, 5) is 26.2. The average molecular weight is 346 g/mol. The van der Waals surface area contributed by atoms with Gasteiger partial charge in [-0.25, -0.2) is 0 Å². The summed E-state index contributed by atoms with van der Waals surface area (Å²) in [5.41, 5.74) is -3.66. The minimum Gasteiger partial charge on any atom is -0.424 e. The second kappa shape index (κ2) is 4.44. The monoisotopic (exact) mass is 346 g/mol. The highest BCUT2D eigenvalue weighted by atomic mass is 16.7. The summed E-state index contributed by atoms with van der Waals surface area (Å²) in [5.74, 6) is -4.21. The van der Waals surface area contributed by atoms with Crippen LogP contribution in [0, 0.1) is 22.2 Å². The third-order valence-corrected chi connectivity index (χ3v) is 7.39. The predicted octanol–water partition coefficient (Wildman–Crippen LogP) is 2.27. The fourth-order valence-electron chi connectivity index (χ4n) is 6.12. The SMILES string of the molecule is C=C[C@]1(C)C=C2C(=O)[C@]3(O)OC(=O)[C@@]4(CCCC(C)(C)[C@H]34)[C@@]2(O)CC1. The molecular weight excluding hydrogens is 320 g/mol. The second-order valence-electron chi connectivity index (χ2n) is 9.29. The number of rotatable bonds is 1. The van der Waals surface area contributed by atoms with Gasteiger partial charge in [0, 0.05) is 11.0 Å². The molecule has 5 atom stereocenters. The van der Waals surface area contributed by atoms with Gasteiger partial charge in [0.15, 0.2) is 0 Å². The van der Waals surface area contributed by atoms with Crippen LogP contribution in [0.4, 0.5) is 0 Å². The van der Waals surface area contributed by atoms with Gasteiger partial charge in [-0.1, -0.05) is 39.3 Å². The molecule has 25 heavy (non-hydrogen) atoms. The first-order chi connectivity index (χ1) is 11.5. The lowest BCUT2D eigenvalue weighted by atomic mass is 9.42. The zero-order valence-electron chi connectivity index (χ0n) is 15.1. The van der Waals surface area contributed by atoms with Crippen molar-refractivity contribution in [3.8, 4) is 0 Å². The van der Waals surface area contributed by atoms with Gasteiger partial charge >= 0.3 is 5.97 Å². The zero-order chi connectivity index (χ0) is 18.5. The van der Waals surface area contributed by atoms with Gasteiger partial charge in [0.05, 0.1) is 5.92 Å². The first-order valence-electron chi connectivity index (χ1n) is 9.07. The molecule has 4 aliphatic rings. The molecule has 5 heteroatoms. The van der Waals surface area contributed by atoms with Crippen molar-refractivity contribution in [2.45, 2.75) is 64.3 Å². The Morgan fingerprint density at radius 3 is 2.48 bits per heavy atom. The van der Waals surface area contributed by atoms with Crippen molar-refractivity contribution in [3.05, 3.63) is 24.3 Å². The molecule has 1 heterocycles. The van der Waals surface area contributed by atoms with Gasteiger partial charge < -0.3 is 14.9 Å². The van der Waals surface area contributed by atoms with Crippen molar-refractivity contribution in [3.63, 3.8) is 0 Å². The molecule has 2 N–H and O–H groups in total. The largest absolute Gasteiger partial charge is 0.424 e. The number of esters is 1. The first kappa shape index (κ1) is 17.0. The van der Waals surface area contributed by atoms with E-state index in [4.69, 9.17) is 4.74 Å². The summed E-state index contributed by atoms with van der Waals surface area (Å²) in [6.45, 7) is 9.66. The van der Waals surface area contributed by atoms with Crippen LogP contribution < -0.4 is 0 Å². The molecule has 0 unspecified atom stereocenters. The van der Waals surface area contributed by atoms with Gasteiger partial charge in [-0.05, 0) is 31.1 Å². The molecule has 4 rings (SSSR count). The molecular formula is C20H26O5. The van der Waals surface area contributed by atoms with E-state index in [9.17, 15) is 19.8 Å². The van der Waals surface area contributed by atoms with E-state index in [0.29, 0.717) is 12.8 Å². The molecule has 0 aromatic carbocycles. The number of allylic oxidation sites excluding steroid dienone is 2. The van der Waals surface area contributed by atoms with Gasteiger partial charge in [-0.2, -0.15) is 0 Å². The standard InChI is InChI=1S/C20H26O5/c1-5-17(4)9-10-19(23)12(11-17)13(21)20(24)14-16(2,3)7-6-8-18(14,19)15(22)25-20/h5,11,14,23-24H,1,6-10H2,2-4H3/t14-,17-,18-,19+,20-/m0/s1. The average Bonchev–Trinajstić information content (AvgIpc) is 2.77. The van der Waals surface area contributed by atoms with Gasteiger partial charge in [0.2, 0.25) is 5.78 Å². The number of Topliss-reactive ketones (excluding diaryl/α,β-unsaturated/α-hetero) is 1. The maximum Gasteiger partial charge on any atom is 0.318 e. The number of ketones is 1. The molecule has 0 aromatic rings. The molecule has 0 aromatic heterocycles. The summed E-state index contributed by atoms with van der Waals surface area (Å²) < 4.78 is 5.36. The van der Waals surface area contributed by atoms with Gasteiger partial charge in [0.1, 0.15) is 11.0 Å². The summed E-state index contributed by atoms with van der Waals surface area (Å²) in [6, 6.07) is 0. The lowest BCUT2D eigenvalue weighted by Gasteiger charge is -2.59. The number of hydrogen-bond acceptors (Lipinski definition) is 5. The molecule has 5 nitrogen and oxygen atoms in total. The van der Waals surface area contributed by atoms with Crippen molar-refractivity contribution in [1.29, 1.82) is 0 Å². The molecule has 3 fully saturated rings. The van der Waals surface area contributed by atoms with Crippen LogP contribution in [0.25, 0.3) is 0 Å². The molecule has 1 aliphatic heterocycles. The van der Waals surface area contributed by atoms with Gasteiger partial charge in [-0.15, -0.1) is 6.58 Å². The second-order valence-corrected chi connectivity index (χ2v) is 9.29. The molecule has 0 amide bonds. The third-order valence-electron chi connectivity index (χ3n) is 7.39. The van der Waals surface area contributed by atoms with Crippen LogP contribution in [-0.2, 0) is 14.3 Å². The van der Waals surface area contributed by atoms with Crippen LogP contribution >= 0.6 is 0 Å². The molecule has 0 spiro atoms. The van der Waals surface area contributed by atoms with Crippen LogP contribution in [0.5, 0.6) is 0 Å². The third kappa shape index (κ3) is 1.67. The molecule has 136 valence electrons. The predicted molar refractivity (Wildman–Crippen MR) is 90.2 cm³/mol. The van der Waals surface area contributed by atoms with E-state index in [0.717, 1.165) is 12.8 Å². The van der Waals surface area contributed by atoms with E-state index in [1.54, 1.807) is 12.2 Å². The van der Waals surface area contributed by atoms with E-state index in [1.165, 1.54) is 0 Å². The fraction of sp³-hybridized carbons (Fsp3) is 0.700. The molecule has 2 bridgehead atoms. The van der Waals surface area contributed by atoms with Gasteiger partial charge in [-0.3, -0.25) is 9.59 Å². The molecule has 3 aliphatic carbocycles. The lowest BCUT2D eigenvalue weighted by molar-refractivity contribution is -0.235. The molecule has 0 radical (unpaired) electrons. The van der Waals surface area contributed by atoms with E-state index in [1.807, 2.05) is 20.8 Å². The Labute approximate surface area is 147 Å². The van der Waals surface area contributed by atoms with E-state index in [-0.39, 0.29) is 12.0 Å². The summed E-state index contributed by atoms with van der Waals surface area (Å²) in [6.07, 6.45) is 6.25. The van der Waals surface area contributed by atoms with E-state index in [2.05, 4.69) is 6.58 Å².